The van der Waals surface area contributed by atoms with E-state index in [4.69, 9.17) is 22.1 Å². The summed E-state index contributed by atoms with van der Waals surface area (Å²) in [6.45, 7) is 0.137. The standard InChI is InChI=1S/C10H13ClN2O3/c1-16-5-8(12)10(15)13-6-2-3-9(14)7(11)4-6/h2-4,8,14H,5,12H2,1H3,(H,13,15). The number of anilines is 1. The Morgan fingerprint density at radius 3 is 2.94 bits per heavy atom. The van der Waals surface area contributed by atoms with Gasteiger partial charge in [0.2, 0.25) is 5.91 Å². The van der Waals surface area contributed by atoms with E-state index in [9.17, 15) is 9.90 Å². The lowest BCUT2D eigenvalue weighted by atomic mass is 10.2. The monoisotopic (exact) mass is 244 g/mol. The third kappa shape index (κ3) is 3.37. The van der Waals surface area contributed by atoms with Gasteiger partial charge in [-0.05, 0) is 18.2 Å². The molecule has 0 saturated heterocycles. The molecule has 0 aliphatic heterocycles. The van der Waals surface area contributed by atoms with Gasteiger partial charge in [-0.1, -0.05) is 11.6 Å². The van der Waals surface area contributed by atoms with Crippen LogP contribution in [-0.4, -0.2) is 30.8 Å². The maximum atomic E-state index is 11.5. The molecule has 1 amide bonds. The molecule has 0 bridgehead atoms. The van der Waals surface area contributed by atoms with Crippen LogP contribution in [0.3, 0.4) is 0 Å². The highest BCUT2D eigenvalue weighted by Gasteiger charge is 2.13. The summed E-state index contributed by atoms with van der Waals surface area (Å²) in [7, 11) is 1.46. The maximum Gasteiger partial charge on any atom is 0.243 e. The minimum Gasteiger partial charge on any atom is -0.506 e. The minimum absolute atomic E-state index is 0.0409. The van der Waals surface area contributed by atoms with Crippen molar-refractivity contribution in [1.29, 1.82) is 0 Å². The number of halogens is 1. The van der Waals surface area contributed by atoms with Gasteiger partial charge in [-0.3, -0.25) is 4.79 Å². The third-order valence-corrected chi connectivity index (χ3v) is 2.20. The van der Waals surface area contributed by atoms with E-state index >= 15 is 0 Å². The molecule has 0 spiro atoms. The number of carbonyl (C=O) groups is 1. The summed E-state index contributed by atoms with van der Waals surface area (Å²) >= 11 is 5.68. The zero-order valence-corrected chi connectivity index (χ0v) is 9.49. The van der Waals surface area contributed by atoms with E-state index in [1.54, 1.807) is 0 Å². The van der Waals surface area contributed by atoms with Crippen molar-refractivity contribution in [2.24, 2.45) is 5.73 Å². The fourth-order valence-electron chi connectivity index (χ4n) is 1.07. The van der Waals surface area contributed by atoms with Gasteiger partial charge in [0.15, 0.2) is 0 Å². The van der Waals surface area contributed by atoms with E-state index in [-0.39, 0.29) is 23.3 Å². The quantitative estimate of drug-likeness (QED) is 0.689. The Morgan fingerprint density at radius 1 is 1.69 bits per heavy atom. The van der Waals surface area contributed by atoms with Gasteiger partial charge in [0.25, 0.3) is 0 Å². The Hall–Kier alpha value is -1.30. The summed E-state index contributed by atoms with van der Waals surface area (Å²) in [5.74, 6) is -0.413. The van der Waals surface area contributed by atoms with Crippen molar-refractivity contribution >= 4 is 23.2 Å². The van der Waals surface area contributed by atoms with Crippen LogP contribution in [0.4, 0.5) is 5.69 Å². The summed E-state index contributed by atoms with van der Waals surface area (Å²) in [5.41, 5.74) is 6.00. The number of benzene rings is 1. The largest absolute Gasteiger partial charge is 0.506 e. The van der Waals surface area contributed by atoms with Crippen LogP contribution in [0.1, 0.15) is 0 Å². The van der Waals surface area contributed by atoms with Crippen molar-refractivity contribution < 1.29 is 14.6 Å². The summed E-state index contributed by atoms with van der Waals surface area (Å²) in [5, 5.41) is 11.9. The molecule has 0 fully saturated rings. The first-order valence-electron chi connectivity index (χ1n) is 4.58. The van der Waals surface area contributed by atoms with E-state index in [1.807, 2.05) is 0 Å². The van der Waals surface area contributed by atoms with Crippen LogP contribution in [0.2, 0.25) is 5.02 Å². The molecule has 0 heterocycles. The molecule has 1 unspecified atom stereocenters. The van der Waals surface area contributed by atoms with E-state index in [1.165, 1.54) is 25.3 Å². The van der Waals surface area contributed by atoms with E-state index < -0.39 is 6.04 Å². The predicted octanol–water partition coefficient (Wildman–Crippen LogP) is 0.958. The van der Waals surface area contributed by atoms with Crippen LogP contribution < -0.4 is 11.1 Å². The number of nitrogens with one attached hydrogen (secondary N) is 1. The summed E-state index contributed by atoms with van der Waals surface area (Å²) < 4.78 is 4.75. The summed E-state index contributed by atoms with van der Waals surface area (Å²) in [6, 6.07) is 3.62. The molecule has 0 radical (unpaired) electrons. The van der Waals surface area contributed by atoms with Gasteiger partial charge >= 0.3 is 0 Å². The second kappa shape index (κ2) is 5.69. The Labute approximate surface area is 98.2 Å². The van der Waals surface area contributed by atoms with Crippen molar-refractivity contribution in [2.75, 3.05) is 19.0 Å². The lowest BCUT2D eigenvalue weighted by Crippen LogP contribution is -2.39. The maximum absolute atomic E-state index is 11.5. The van der Waals surface area contributed by atoms with Gasteiger partial charge in [-0.25, -0.2) is 0 Å². The van der Waals surface area contributed by atoms with Crippen LogP contribution in [0.15, 0.2) is 18.2 Å². The van der Waals surface area contributed by atoms with E-state index in [2.05, 4.69) is 5.32 Å². The fourth-order valence-corrected chi connectivity index (χ4v) is 1.26. The zero-order valence-electron chi connectivity index (χ0n) is 8.74. The molecule has 6 heteroatoms. The normalized spacial score (nSPS) is 12.2. The topological polar surface area (TPSA) is 84.6 Å². The van der Waals surface area contributed by atoms with Crippen molar-refractivity contribution in [3.63, 3.8) is 0 Å². The molecule has 1 rings (SSSR count). The number of amides is 1. The highest BCUT2D eigenvalue weighted by atomic mass is 35.5. The minimum atomic E-state index is -0.738. The first-order chi connectivity index (χ1) is 7.54. The van der Waals surface area contributed by atoms with Crippen LogP contribution in [-0.2, 0) is 9.53 Å². The van der Waals surface area contributed by atoms with Gasteiger partial charge in [0.1, 0.15) is 11.8 Å². The number of aromatic hydroxyl groups is 1. The molecule has 88 valence electrons. The number of phenols is 1. The lowest BCUT2D eigenvalue weighted by molar-refractivity contribution is -0.118. The Morgan fingerprint density at radius 2 is 2.38 bits per heavy atom. The first-order valence-corrected chi connectivity index (χ1v) is 4.96. The molecule has 5 nitrogen and oxygen atoms in total. The molecule has 1 aromatic rings. The van der Waals surface area contributed by atoms with Gasteiger partial charge in [-0.15, -0.1) is 0 Å². The molecule has 0 saturated carbocycles. The smallest absolute Gasteiger partial charge is 0.243 e. The highest BCUT2D eigenvalue weighted by Crippen LogP contribution is 2.25. The molecule has 4 N–H and O–H groups in total. The second-order valence-electron chi connectivity index (χ2n) is 3.22. The molecule has 1 aromatic carbocycles. The van der Waals surface area contributed by atoms with Gasteiger partial charge in [-0.2, -0.15) is 0 Å². The number of rotatable bonds is 4. The first kappa shape index (κ1) is 12.8. The Kier molecular flexibility index (Phi) is 4.54. The van der Waals surface area contributed by atoms with Crippen molar-refractivity contribution in [2.45, 2.75) is 6.04 Å². The van der Waals surface area contributed by atoms with Gasteiger partial charge in [0, 0.05) is 12.8 Å². The fraction of sp³-hybridized carbons (Fsp3) is 0.300. The number of hydrogen-bond donors (Lipinski definition) is 3. The average Bonchev–Trinajstić information content (AvgIpc) is 2.24. The predicted molar refractivity (Wildman–Crippen MR) is 61.6 cm³/mol. The zero-order chi connectivity index (χ0) is 12.1. The third-order valence-electron chi connectivity index (χ3n) is 1.90. The number of phenolic OH excluding ortho intramolecular Hbond substituents is 1. The average molecular weight is 245 g/mol. The molecule has 0 aromatic heterocycles. The SMILES string of the molecule is COCC(N)C(=O)Nc1ccc(O)c(Cl)c1. The number of carbonyl (C=O) groups excluding carboxylic acids is 1. The van der Waals surface area contributed by atoms with Gasteiger partial charge < -0.3 is 20.9 Å². The van der Waals surface area contributed by atoms with Crippen molar-refractivity contribution in [1.82, 2.24) is 0 Å². The van der Waals surface area contributed by atoms with Crippen molar-refractivity contribution in [3.05, 3.63) is 23.2 Å². The van der Waals surface area contributed by atoms with E-state index in [0.717, 1.165) is 0 Å². The van der Waals surface area contributed by atoms with Crippen LogP contribution in [0.25, 0.3) is 0 Å². The Balaban J connectivity index is 2.66. The van der Waals surface area contributed by atoms with Crippen LogP contribution >= 0.6 is 11.6 Å². The van der Waals surface area contributed by atoms with Gasteiger partial charge in [0.05, 0.1) is 11.6 Å². The van der Waals surface area contributed by atoms with E-state index in [0.29, 0.717) is 5.69 Å². The number of hydrogen-bond acceptors (Lipinski definition) is 4. The molecular formula is C10H13ClN2O3. The van der Waals surface area contributed by atoms with Crippen LogP contribution in [0, 0.1) is 0 Å². The number of methoxy groups -OCH3 is 1. The van der Waals surface area contributed by atoms with Crippen LogP contribution in [0.5, 0.6) is 5.75 Å². The summed E-state index contributed by atoms with van der Waals surface area (Å²) in [6.07, 6.45) is 0. The molecule has 1 atom stereocenters. The second-order valence-corrected chi connectivity index (χ2v) is 3.62. The molecule has 0 aliphatic carbocycles. The summed E-state index contributed by atoms with van der Waals surface area (Å²) in [4.78, 5) is 11.5. The molecular weight excluding hydrogens is 232 g/mol. The molecule has 0 aliphatic rings. The Bertz CT molecular complexity index is 384. The number of ether oxygens (including phenoxy) is 1. The highest BCUT2D eigenvalue weighted by molar-refractivity contribution is 6.32. The van der Waals surface area contributed by atoms with Crippen molar-refractivity contribution in [3.8, 4) is 5.75 Å². The molecule has 16 heavy (non-hydrogen) atoms. The number of nitrogens with two attached hydrogens (primary N) is 1. The lowest BCUT2D eigenvalue weighted by Gasteiger charge is -2.11.